The SMILES string of the molecule is CN=C(NCCc1ccc(NC(C)=O)cc1)NCC(c1cccs1)N1CCOCC1. The number of morpholine rings is 1. The number of hydrogen-bond donors (Lipinski definition) is 3. The maximum Gasteiger partial charge on any atom is 0.221 e. The van der Waals surface area contributed by atoms with E-state index < -0.39 is 0 Å². The van der Waals surface area contributed by atoms with Crippen LogP contribution in [0.25, 0.3) is 0 Å². The molecule has 0 radical (unpaired) electrons. The fraction of sp³-hybridized carbons (Fsp3) is 0.455. The van der Waals surface area contributed by atoms with Gasteiger partial charge in [-0.05, 0) is 35.6 Å². The Kier molecular flexibility index (Phi) is 8.67. The molecule has 0 aliphatic carbocycles. The lowest BCUT2D eigenvalue weighted by Gasteiger charge is -2.34. The number of amides is 1. The molecule has 1 unspecified atom stereocenters. The zero-order chi connectivity index (χ0) is 21.2. The normalized spacial score (nSPS) is 16.1. The van der Waals surface area contributed by atoms with Crippen LogP contribution in [0.3, 0.4) is 0 Å². The van der Waals surface area contributed by atoms with E-state index in [9.17, 15) is 4.79 Å². The van der Waals surface area contributed by atoms with E-state index in [0.717, 1.165) is 57.5 Å². The van der Waals surface area contributed by atoms with Gasteiger partial charge in [0.15, 0.2) is 5.96 Å². The molecule has 1 fully saturated rings. The summed E-state index contributed by atoms with van der Waals surface area (Å²) in [6.45, 7) is 6.56. The van der Waals surface area contributed by atoms with Gasteiger partial charge in [-0.25, -0.2) is 0 Å². The number of carbonyl (C=O) groups is 1. The predicted molar refractivity (Wildman–Crippen MR) is 123 cm³/mol. The summed E-state index contributed by atoms with van der Waals surface area (Å²) in [5.74, 6) is 0.747. The highest BCUT2D eigenvalue weighted by Crippen LogP contribution is 2.25. The van der Waals surface area contributed by atoms with Crippen molar-refractivity contribution in [2.75, 3.05) is 51.8 Å². The predicted octanol–water partition coefficient (Wildman–Crippen LogP) is 2.49. The second kappa shape index (κ2) is 11.7. The van der Waals surface area contributed by atoms with E-state index in [1.54, 1.807) is 18.4 Å². The van der Waals surface area contributed by atoms with Gasteiger partial charge in [0.05, 0.1) is 19.3 Å². The summed E-state index contributed by atoms with van der Waals surface area (Å²) in [5.41, 5.74) is 2.02. The van der Waals surface area contributed by atoms with Gasteiger partial charge in [0.25, 0.3) is 0 Å². The smallest absolute Gasteiger partial charge is 0.221 e. The van der Waals surface area contributed by atoms with E-state index >= 15 is 0 Å². The van der Waals surface area contributed by atoms with Gasteiger partial charge in [-0.2, -0.15) is 0 Å². The van der Waals surface area contributed by atoms with Gasteiger partial charge in [-0.1, -0.05) is 18.2 Å². The lowest BCUT2D eigenvalue weighted by Crippen LogP contribution is -2.46. The molecule has 2 aromatic rings. The van der Waals surface area contributed by atoms with E-state index in [-0.39, 0.29) is 5.91 Å². The molecule has 1 amide bonds. The third-order valence-corrected chi connectivity index (χ3v) is 6.00. The molecule has 1 atom stereocenters. The van der Waals surface area contributed by atoms with Gasteiger partial charge in [0.1, 0.15) is 0 Å². The summed E-state index contributed by atoms with van der Waals surface area (Å²) in [4.78, 5) is 19.3. The van der Waals surface area contributed by atoms with Crippen molar-refractivity contribution in [3.05, 3.63) is 52.2 Å². The monoisotopic (exact) mass is 429 g/mol. The molecule has 3 rings (SSSR count). The number of carbonyl (C=O) groups excluding carboxylic acids is 1. The molecule has 1 saturated heterocycles. The van der Waals surface area contributed by atoms with Crippen molar-refractivity contribution in [3.8, 4) is 0 Å². The zero-order valence-corrected chi connectivity index (χ0v) is 18.5. The van der Waals surface area contributed by atoms with E-state index in [1.165, 1.54) is 17.4 Å². The van der Waals surface area contributed by atoms with Crippen molar-refractivity contribution in [1.82, 2.24) is 15.5 Å². The molecule has 1 aliphatic rings. The Morgan fingerprint density at radius 2 is 1.97 bits per heavy atom. The molecule has 30 heavy (non-hydrogen) atoms. The molecule has 1 aromatic carbocycles. The van der Waals surface area contributed by atoms with Gasteiger partial charge in [-0.15, -0.1) is 11.3 Å². The lowest BCUT2D eigenvalue weighted by atomic mass is 10.1. The maximum atomic E-state index is 11.1. The average molecular weight is 430 g/mol. The van der Waals surface area contributed by atoms with Crippen LogP contribution in [-0.2, 0) is 16.0 Å². The molecule has 0 bridgehead atoms. The van der Waals surface area contributed by atoms with Crippen molar-refractivity contribution in [2.45, 2.75) is 19.4 Å². The second-order valence-electron chi connectivity index (χ2n) is 7.19. The largest absolute Gasteiger partial charge is 0.379 e. The topological polar surface area (TPSA) is 78.0 Å². The van der Waals surface area contributed by atoms with E-state index in [0.29, 0.717) is 6.04 Å². The highest BCUT2D eigenvalue weighted by Gasteiger charge is 2.23. The summed E-state index contributed by atoms with van der Waals surface area (Å²) < 4.78 is 5.52. The van der Waals surface area contributed by atoms with E-state index in [2.05, 4.69) is 43.4 Å². The Balaban J connectivity index is 1.48. The number of aliphatic imine (C=N–C) groups is 1. The number of guanidine groups is 1. The molecule has 3 N–H and O–H groups in total. The molecule has 8 heteroatoms. The summed E-state index contributed by atoms with van der Waals surface area (Å²) in [6, 6.07) is 12.6. The molecule has 162 valence electrons. The lowest BCUT2D eigenvalue weighted by molar-refractivity contribution is -0.114. The first-order valence-electron chi connectivity index (χ1n) is 10.3. The number of thiophene rings is 1. The Hall–Kier alpha value is -2.42. The molecule has 1 aliphatic heterocycles. The summed E-state index contributed by atoms with van der Waals surface area (Å²) in [6.07, 6.45) is 0.874. The number of benzene rings is 1. The van der Waals surface area contributed by atoms with Crippen molar-refractivity contribution in [3.63, 3.8) is 0 Å². The van der Waals surface area contributed by atoms with Crippen LogP contribution >= 0.6 is 11.3 Å². The molecule has 2 heterocycles. The third-order valence-electron chi connectivity index (χ3n) is 5.02. The summed E-state index contributed by atoms with van der Waals surface area (Å²) >= 11 is 1.79. The van der Waals surface area contributed by atoms with Crippen LogP contribution in [-0.4, -0.2) is 63.2 Å². The number of hydrogen-bond acceptors (Lipinski definition) is 5. The molecule has 7 nitrogen and oxygen atoms in total. The average Bonchev–Trinajstić information content (AvgIpc) is 3.29. The minimum Gasteiger partial charge on any atom is -0.379 e. The van der Waals surface area contributed by atoms with Gasteiger partial charge in [0.2, 0.25) is 5.91 Å². The summed E-state index contributed by atoms with van der Waals surface area (Å²) in [7, 11) is 1.80. The Morgan fingerprint density at radius 1 is 1.20 bits per heavy atom. The fourth-order valence-corrected chi connectivity index (χ4v) is 4.34. The van der Waals surface area contributed by atoms with Crippen LogP contribution in [0.2, 0.25) is 0 Å². The van der Waals surface area contributed by atoms with Crippen molar-refractivity contribution in [1.29, 1.82) is 0 Å². The number of anilines is 1. The highest BCUT2D eigenvalue weighted by molar-refractivity contribution is 7.10. The number of rotatable bonds is 8. The molecule has 0 spiro atoms. The first-order valence-corrected chi connectivity index (χ1v) is 11.2. The molecule has 0 saturated carbocycles. The highest BCUT2D eigenvalue weighted by atomic mass is 32.1. The van der Waals surface area contributed by atoms with Crippen LogP contribution in [0.4, 0.5) is 5.69 Å². The molecule has 1 aromatic heterocycles. The molecular weight excluding hydrogens is 398 g/mol. The quantitative estimate of drug-likeness (QED) is 0.444. The van der Waals surface area contributed by atoms with Crippen molar-refractivity contribution < 1.29 is 9.53 Å². The first-order chi connectivity index (χ1) is 14.7. The Morgan fingerprint density at radius 3 is 2.60 bits per heavy atom. The summed E-state index contributed by atoms with van der Waals surface area (Å²) in [5, 5.41) is 11.8. The minimum atomic E-state index is -0.0581. The van der Waals surface area contributed by atoms with Crippen LogP contribution in [0.1, 0.15) is 23.4 Å². The van der Waals surface area contributed by atoms with Crippen LogP contribution in [0, 0.1) is 0 Å². The molecular formula is C22H31N5O2S. The van der Waals surface area contributed by atoms with E-state index in [1.807, 2.05) is 24.3 Å². The maximum absolute atomic E-state index is 11.1. The van der Waals surface area contributed by atoms with Crippen LogP contribution in [0.15, 0.2) is 46.8 Å². The van der Waals surface area contributed by atoms with Crippen molar-refractivity contribution in [2.24, 2.45) is 4.99 Å². The fourth-order valence-electron chi connectivity index (χ4n) is 3.48. The third kappa shape index (κ3) is 6.83. The zero-order valence-electron chi connectivity index (χ0n) is 17.7. The van der Waals surface area contributed by atoms with Gasteiger partial charge in [0, 0.05) is 50.7 Å². The van der Waals surface area contributed by atoms with Gasteiger partial charge in [-0.3, -0.25) is 14.7 Å². The van der Waals surface area contributed by atoms with E-state index in [4.69, 9.17) is 4.74 Å². The van der Waals surface area contributed by atoms with Crippen LogP contribution in [0.5, 0.6) is 0 Å². The number of nitrogens with one attached hydrogen (secondary N) is 3. The van der Waals surface area contributed by atoms with Gasteiger partial charge < -0.3 is 20.7 Å². The minimum absolute atomic E-state index is 0.0581. The number of nitrogens with zero attached hydrogens (tertiary/aromatic N) is 2. The van der Waals surface area contributed by atoms with Crippen molar-refractivity contribution >= 4 is 28.9 Å². The first kappa shape index (κ1) is 22.3. The second-order valence-corrected chi connectivity index (χ2v) is 8.17. The number of ether oxygens (including phenoxy) is 1. The Bertz CT molecular complexity index is 801. The standard InChI is InChI=1S/C22H31N5O2S/c1-17(28)26-19-7-5-18(6-8-19)9-10-24-22(23-2)25-16-20(21-4-3-15-30-21)27-11-13-29-14-12-27/h3-8,15,20H,9-14,16H2,1-2H3,(H,26,28)(H2,23,24,25). The van der Waals surface area contributed by atoms with Gasteiger partial charge >= 0.3 is 0 Å². The van der Waals surface area contributed by atoms with Crippen LogP contribution < -0.4 is 16.0 Å². The Labute approximate surface area is 182 Å².